The summed E-state index contributed by atoms with van der Waals surface area (Å²) >= 11 is 0. The molecular weight excluding hydrogens is 228 g/mol. The quantitative estimate of drug-likeness (QED) is 0.473. The molecule has 1 saturated heterocycles. The fraction of sp³-hybridized carbons (Fsp3) is 0.556. The minimum absolute atomic E-state index is 0.139. The number of aliphatic hydroxyl groups excluding tert-OH is 1. The number of rotatable bonds is 3. The second-order valence-electron chi connectivity index (χ2n) is 3.83. The lowest BCUT2D eigenvalue weighted by Crippen LogP contribution is -2.36. The van der Waals surface area contributed by atoms with Crippen LogP contribution in [-0.2, 0) is 4.74 Å². The molecule has 1 aliphatic rings. The molecule has 0 amide bonds. The highest BCUT2D eigenvalue weighted by Gasteiger charge is 2.35. The highest BCUT2D eigenvalue weighted by Crippen LogP contribution is 2.27. The first kappa shape index (κ1) is 12.0. The number of hydrogen-bond donors (Lipinski definition) is 4. The van der Waals surface area contributed by atoms with Gasteiger partial charge in [-0.25, -0.2) is 4.79 Å². The second kappa shape index (κ2) is 4.80. The molecule has 1 aromatic rings. The van der Waals surface area contributed by atoms with E-state index < -0.39 is 24.1 Å². The zero-order chi connectivity index (χ0) is 12.4. The van der Waals surface area contributed by atoms with Crippen molar-refractivity contribution in [1.29, 1.82) is 0 Å². The van der Waals surface area contributed by atoms with Crippen molar-refractivity contribution in [3.63, 3.8) is 0 Å². The third-order valence-corrected chi connectivity index (χ3v) is 2.74. The smallest absolute Gasteiger partial charge is 0.351 e. The maximum absolute atomic E-state index is 11.6. The molecule has 1 fully saturated rings. The highest BCUT2D eigenvalue weighted by atomic mass is 16.5. The van der Waals surface area contributed by atoms with Crippen molar-refractivity contribution in [2.75, 3.05) is 12.3 Å². The maximum Gasteiger partial charge on any atom is 0.351 e. The molecule has 5 N–H and O–H groups in total. The molecule has 0 spiro atoms. The molecule has 3 atom stereocenters. The average Bonchev–Trinajstić information content (AvgIpc) is 2.72. The Labute approximate surface area is 96.6 Å². The van der Waals surface area contributed by atoms with Gasteiger partial charge in [0, 0.05) is 12.6 Å². The van der Waals surface area contributed by atoms with E-state index in [4.69, 9.17) is 20.8 Å². The summed E-state index contributed by atoms with van der Waals surface area (Å²) in [5.74, 6) is 0.139. The first-order valence-electron chi connectivity index (χ1n) is 5.16. The van der Waals surface area contributed by atoms with E-state index in [1.807, 2.05) is 0 Å². The van der Waals surface area contributed by atoms with Crippen molar-refractivity contribution < 1.29 is 15.1 Å². The lowest BCUT2D eigenvalue weighted by atomic mass is 10.1. The first-order valence-corrected chi connectivity index (χ1v) is 5.16. The molecule has 1 aliphatic heterocycles. The normalized spacial score (nSPS) is 28.5. The molecule has 17 heavy (non-hydrogen) atoms. The van der Waals surface area contributed by atoms with Crippen LogP contribution < -0.4 is 16.9 Å². The Kier molecular flexibility index (Phi) is 3.38. The summed E-state index contributed by atoms with van der Waals surface area (Å²) in [6, 6.07) is 1.06. The summed E-state index contributed by atoms with van der Waals surface area (Å²) in [5, 5.41) is 17.9. The van der Waals surface area contributed by atoms with Crippen molar-refractivity contribution >= 4 is 5.82 Å². The lowest BCUT2D eigenvalue weighted by Gasteiger charge is -2.14. The number of hydroxylamine groups is 1. The van der Waals surface area contributed by atoms with Crippen LogP contribution in [0.5, 0.6) is 0 Å². The third kappa shape index (κ3) is 2.29. The Morgan fingerprint density at radius 2 is 2.47 bits per heavy atom. The predicted octanol–water partition coefficient (Wildman–Crippen LogP) is -1.55. The van der Waals surface area contributed by atoms with Crippen molar-refractivity contribution in [1.82, 2.24) is 15.0 Å². The molecule has 0 bridgehead atoms. The standard InChI is InChI=1S/C9H14N4O4/c10-7-1-2-13(9(15)11-7)8-3-5(12-16)6(4-14)17-8/h1-2,5-6,8,12,14,16H,3-4H2,(H2,10,11,15)/t5?,6-,8-/m1/s1. The number of nitrogens with two attached hydrogens (primary N) is 1. The molecule has 0 saturated carbocycles. The van der Waals surface area contributed by atoms with Gasteiger partial charge in [-0.15, -0.1) is 0 Å². The SMILES string of the molecule is Nc1ccn([C@H]2CC(NO)[C@@H](CO)O2)c(=O)n1. The molecule has 1 unspecified atom stereocenters. The summed E-state index contributed by atoms with van der Waals surface area (Å²) in [4.78, 5) is 15.1. The van der Waals surface area contributed by atoms with E-state index in [0.29, 0.717) is 6.42 Å². The predicted molar refractivity (Wildman–Crippen MR) is 57.2 cm³/mol. The lowest BCUT2D eigenvalue weighted by molar-refractivity contribution is -0.0377. The van der Waals surface area contributed by atoms with E-state index >= 15 is 0 Å². The molecule has 0 aromatic carbocycles. The summed E-state index contributed by atoms with van der Waals surface area (Å²) in [6.45, 7) is -0.244. The Morgan fingerprint density at radius 3 is 3.00 bits per heavy atom. The fourth-order valence-electron chi connectivity index (χ4n) is 1.85. The van der Waals surface area contributed by atoms with Gasteiger partial charge >= 0.3 is 5.69 Å². The molecule has 2 heterocycles. The fourth-order valence-corrected chi connectivity index (χ4v) is 1.85. The van der Waals surface area contributed by atoms with Crippen LogP contribution in [0, 0.1) is 0 Å². The van der Waals surface area contributed by atoms with E-state index in [9.17, 15) is 4.79 Å². The molecular formula is C9H14N4O4. The van der Waals surface area contributed by atoms with Gasteiger partial charge in [0.25, 0.3) is 0 Å². The molecule has 0 radical (unpaired) electrons. The van der Waals surface area contributed by atoms with Gasteiger partial charge in [0.05, 0.1) is 12.6 Å². The van der Waals surface area contributed by atoms with Crippen LogP contribution in [0.2, 0.25) is 0 Å². The van der Waals surface area contributed by atoms with E-state index in [-0.39, 0.29) is 12.4 Å². The van der Waals surface area contributed by atoms with Gasteiger partial charge in [-0.1, -0.05) is 0 Å². The third-order valence-electron chi connectivity index (χ3n) is 2.74. The molecule has 8 nitrogen and oxygen atoms in total. The van der Waals surface area contributed by atoms with Crippen LogP contribution in [0.25, 0.3) is 0 Å². The largest absolute Gasteiger partial charge is 0.394 e. The minimum atomic E-state index is -0.572. The van der Waals surface area contributed by atoms with Crippen LogP contribution in [0.3, 0.4) is 0 Å². The van der Waals surface area contributed by atoms with Gasteiger partial charge < -0.3 is 20.8 Å². The summed E-state index contributed by atoms with van der Waals surface area (Å²) < 4.78 is 6.70. The number of ether oxygens (including phenoxy) is 1. The highest BCUT2D eigenvalue weighted by molar-refractivity contribution is 5.23. The Bertz CT molecular complexity index is 437. The maximum atomic E-state index is 11.6. The van der Waals surface area contributed by atoms with Crippen LogP contribution >= 0.6 is 0 Å². The molecule has 94 valence electrons. The molecule has 0 aliphatic carbocycles. The Hall–Kier alpha value is -1.48. The Morgan fingerprint density at radius 1 is 1.71 bits per heavy atom. The van der Waals surface area contributed by atoms with E-state index in [0.717, 1.165) is 0 Å². The summed E-state index contributed by atoms with van der Waals surface area (Å²) in [7, 11) is 0. The van der Waals surface area contributed by atoms with Gasteiger partial charge in [-0.05, 0) is 6.07 Å². The number of aliphatic hydroxyl groups is 1. The number of aromatic nitrogens is 2. The Balaban J connectivity index is 2.22. The van der Waals surface area contributed by atoms with Gasteiger partial charge in [-0.2, -0.15) is 10.5 Å². The number of anilines is 1. The number of nitrogens with one attached hydrogen (secondary N) is 1. The van der Waals surface area contributed by atoms with Crippen LogP contribution in [-0.4, -0.2) is 38.6 Å². The minimum Gasteiger partial charge on any atom is -0.394 e. The molecule has 2 rings (SSSR count). The topological polar surface area (TPSA) is 123 Å². The zero-order valence-electron chi connectivity index (χ0n) is 8.98. The average molecular weight is 242 g/mol. The van der Waals surface area contributed by atoms with Crippen molar-refractivity contribution in [3.05, 3.63) is 22.7 Å². The van der Waals surface area contributed by atoms with E-state index in [1.54, 1.807) is 0 Å². The molecule has 1 aromatic heterocycles. The van der Waals surface area contributed by atoms with Gasteiger partial charge in [0.15, 0.2) is 0 Å². The van der Waals surface area contributed by atoms with Crippen LogP contribution in [0.4, 0.5) is 5.82 Å². The zero-order valence-corrected chi connectivity index (χ0v) is 8.98. The second-order valence-corrected chi connectivity index (χ2v) is 3.83. The van der Waals surface area contributed by atoms with Crippen molar-refractivity contribution in [2.24, 2.45) is 0 Å². The van der Waals surface area contributed by atoms with Gasteiger partial charge in [0.2, 0.25) is 0 Å². The number of nitrogen functional groups attached to an aromatic ring is 1. The van der Waals surface area contributed by atoms with Crippen LogP contribution in [0.1, 0.15) is 12.6 Å². The van der Waals surface area contributed by atoms with Crippen molar-refractivity contribution in [3.8, 4) is 0 Å². The monoisotopic (exact) mass is 242 g/mol. The van der Waals surface area contributed by atoms with E-state index in [1.165, 1.54) is 16.8 Å². The first-order chi connectivity index (χ1) is 8.15. The number of hydrogen-bond acceptors (Lipinski definition) is 7. The van der Waals surface area contributed by atoms with E-state index in [2.05, 4.69) is 10.5 Å². The van der Waals surface area contributed by atoms with Crippen molar-refractivity contribution in [2.45, 2.75) is 24.8 Å². The van der Waals surface area contributed by atoms with Crippen LogP contribution in [0.15, 0.2) is 17.1 Å². The number of nitrogens with zero attached hydrogens (tertiary/aromatic N) is 2. The summed E-state index contributed by atoms with van der Waals surface area (Å²) in [6.07, 6.45) is 0.698. The molecule has 8 heteroatoms. The summed E-state index contributed by atoms with van der Waals surface area (Å²) in [5.41, 5.74) is 6.90. The van der Waals surface area contributed by atoms with Gasteiger partial charge in [-0.3, -0.25) is 4.57 Å². The van der Waals surface area contributed by atoms with Gasteiger partial charge in [0.1, 0.15) is 18.1 Å².